The van der Waals surface area contributed by atoms with Gasteiger partial charge in [-0.3, -0.25) is 4.79 Å². The van der Waals surface area contributed by atoms with Crippen molar-refractivity contribution < 1.29 is 4.79 Å². The van der Waals surface area contributed by atoms with E-state index >= 15 is 0 Å². The minimum atomic E-state index is 0.186. The summed E-state index contributed by atoms with van der Waals surface area (Å²) < 4.78 is 0. The molecule has 1 aromatic carbocycles. The molecule has 1 saturated carbocycles. The number of hydrogen-bond acceptors (Lipinski definition) is 1. The van der Waals surface area contributed by atoms with Gasteiger partial charge in [-0.2, -0.15) is 0 Å². The summed E-state index contributed by atoms with van der Waals surface area (Å²) in [4.78, 5) is 11.2. The lowest BCUT2D eigenvalue weighted by Gasteiger charge is -2.32. The van der Waals surface area contributed by atoms with Crippen molar-refractivity contribution in [3.8, 4) is 0 Å². The summed E-state index contributed by atoms with van der Waals surface area (Å²) >= 11 is 0. The van der Waals surface area contributed by atoms with Crippen LogP contribution in [0.4, 0.5) is 0 Å². The topological polar surface area (TPSA) is 17.1 Å². The first kappa shape index (κ1) is 7.53. The summed E-state index contributed by atoms with van der Waals surface area (Å²) in [5.41, 5.74) is 1.18. The monoisotopic (exact) mass is 160 g/mol. The maximum atomic E-state index is 11.2. The molecule has 0 bridgehead atoms. The van der Waals surface area contributed by atoms with Crippen LogP contribution in [0.1, 0.15) is 24.8 Å². The second-order valence-corrected chi connectivity index (χ2v) is 3.54. The van der Waals surface area contributed by atoms with Gasteiger partial charge in [-0.05, 0) is 11.5 Å². The average molecular weight is 160 g/mol. The summed E-state index contributed by atoms with van der Waals surface area (Å²) in [6.07, 6.45) is 0.763. The molecule has 0 aromatic heterocycles. The molecule has 1 fully saturated rings. The van der Waals surface area contributed by atoms with Crippen molar-refractivity contribution in [3.63, 3.8) is 0 Å². The number of benzene rings is 1. The zero-order valence-electron chi connectivity index (χ0n) is 7.16. The van der Waals surface area contributed by atoms with Gasteiger partial charge in [-0.25, -0.2) is 0 Å². The Morgan fingerprint density at radius 1 is 1.25 bits per heavy atom. The third-order valence-corrected chi connectivity index (χ3v) is 2.60. The third kappa shape index (κ3) is 1.06. The Labute approximate surface area is 72.4 Å². The van der Waals surface area contributed by atoms with Crippen LogP contribution in [-0.4, -0.2) is 5.78 Å². The lowest BCUT2D eigenvalue weighted by atomic mass is 9.70. The number of rotatable bonds is 1. The Hall–Kier alpha value is -1.11. The maximum absolute atomic E-state index is 11.2. The molecule has 0 radical (unpaired) electrons. The Kier molecular flexibility index (Phi) is 1.72. The third-order valence-electron chi connectivity index (χ3n) is 2.60. The van der Waals surface area contributed by atoms with Crippen LogP contribution in [0.5, 0.6) is 0 Å². The van der Waals surface area contributed by atoms with Crippen molar-refractivity contribution in [2.75, 3.05) is 0 Å². The van der Waals surface area contributed by atoms with Gasteiger partial charge in [0.1, 0.15) is 5.78 Å². The van der Waals surface area contributed by atoms with Crippen LogP contribution in [0.2, 0.25) is 0 Å². The first-order valence-electron chi connectivity index (χ1n) is 4.36. The molecule has 12 heavy (non-hydrogen) atoms. The van der Waals surface area contributed by atoms with Crippen molar-refractivity contribution in [1.82, 2.24) is 0 Å². The van der Waals surface area contributed by atoms with Gasteiger partial charge < -0.3 is 0 Å². The molecular weight excluding hydrogens is 148 g/mol. The fraction of sp³-hybridized carbons (Fsp3) is 0.364. The molecule has 0 saturated heterocycles. The van der Waals surface area contributed by atoms with E-state index in [-0.39, 0.29) is 5.92 Å². The second kappa shape index (κ2) is 2.74. The Morgan fingerprint density at radius 2 is 1.92 bits per heavy atom. The van der Waals surface area contributed by atoms with E-state index in [1.807, 2.05) is 30.3 Å². The summed E-state index contributed by atoms with van der Waals surface area (Å²) in [7, 11) is 0. The molecule has 2 atom stereocenters. The van der Waals surface area contributed by atoms with E-state index in [1.54, 1.807) is 0 Å². The van der Waals surface area contributed by atoms with Crippen LogP contribution >= 0.6 is 0 Å². The molecule has 0 heterocycles. The van der Waals surface area contributed by atoms with E-state index in [0.717, 1.165) is 6.42 Å². The fourth-order valence-electron chi connectivity index (χ4n) is 1.89. The SMILES string of the molecule is CC1CC(=O)C1c1ccccc1. The molecule has 1 nitrogen and oxygen atoms in total. The van der Waals surface area contributed by atoms with E-state index < -0.39 is 0 Å². The molecule has 1 aliphatic rings. The highest BCUT2D eigenvalue weighted by atomic mass is 16.1. The molecule has 1 aliphatic carbocycles. The minimum absolute atomic E-state index is 0.186. The van der Waals surface area contributed by atoms with E-state index in [1.165, 1.54) is 5.56 Å². The minimum Gasteiger partial charge on any atom is -0.299 e. The zero-order valence-corrected chi connectivity index (χ0v) is 7.16. The highest BCUT2D eigenvalue weighted by molar-refractivity contribution is 5.92. The van der Waals surface area contributed by atoms with E-state index in [2.05, 4.69) is 6.92 Å². The van der Waals surface area contributed by atoms with Crippen molar-refractivity contribution in [2.24, 2.45) is 5.92 Å². The molecular formula is C11H12O. The lowest BCUT2D eigenvalue weighted by Crippen LogP contribution is -2.32. The van der Waals surface area contributed by atoms with Gasteiger partial charge in [0.15, 0.2) is 0 Å². The van der Waals surface area contributed by atoms with Crippen molar-refractivity contribution in [2.45, 2.75) is 19.3 Å². The highest BCUT2D eigenvalue weighted by Gasteiger charge is 2.36. The first-order chi connectivity index (χ1) is 5.79. The maximum Gasteiger partial charge on any atom is 0.140 e. The smallest absolute Gasteiger partial charge is 0.140 e. The van der Waals surface area contributed by atoms with Crippen LogP contribution < -0.4 is 0 Å². The predicted octanol–water partition coefficient (Wildman–Crippen LogP) is 2.38. The quantitative estimate of drug-likeness (QED) is 0.616. The molecule has 62 valence electrons. The molecule has 1 aromatic rings. The molecule has 0 aliphatic heterocycles. The van der Waals surface area contributed by atoms with Crippen molar-refractivity contribution in [3.05, 3.63) is 35.9 Å². The van der Waals surface area contributed by atoms with Crippen LogP contribution in [-0.2, 0) is 4.79 Å². The van der Waals surface area contributed by atoms with Gasteiger partial charge in [-0.1, -0.05) is 37.3 Å². The highest BCUT2D eigenvalue weighted by Crippen LogP contribution is 2.38. The Balaban J connectivity index is 2.26. The number of carbonyl (C=O) groups is 1. The predicted molar refractivity (Wildman–Crippen MR) is 48.0 cm³/mol. The summed E-state index contributed by atoms with van der Waals surface area (Å²) in [6, 6.07) is 10.1. The standard InChI is InChI=1S/C11H12O/c1-8-7-10(12)11(8)9-5-3-2-4-6-9/h2-6,8,11H,7H2,1H3. The Bertz CT molecular complexity index is 289. The van der Waals surface area contributed by atoms with Gasteiger partial charge in [0.2, 0.25) is 0 Å². The summed E-state index contributed by atoms with van der Waals surface area (Å²) in [5.74, 6) is 1.12. The Morgan fingerprint density at radius 3 is 2.42 bits per heavy atom. The van der Waals surface area contributed by atoms with Crippen LogP contribution in [0.15, 0.2) is 30.3 Å². The zero-order chi connectivity index (χ0) is 8.55. The average Bonchev–Trinajstić information content (AvgIpc) is 2.05. The molecule has 0 spiro atoms. The van der Waals surface area contributed by atoms with Gasteiger partial charge in [0.05, 0.1) is 0 Å². The fourth-order valence-corrected chi connectivity index (χ4v) is 1.89. The first-order valence-corrected chi connectivity index (χ1v) is 4.36. The second-order valence-electron chi connectivity index (χ2n) is 3.54. The molecule has 2 unspecified atom stereocenters. The summed E-state index contributed by atoms with van der Waals surface area (Å²) in [5, 5.41) is 0. The lowest BCUT2D eigenvalue weighted by molar-refractivity contribution is -0.128. The van der Waals surface area contributed by atoms with Gasteiger partial charge in [0.25, 0.3) is 0 Å². The van der Waals surface area contributed by atoms with E-state index in [0.29, 0.717) is 11.7 Å². The van der Waals surface area contributed by atoms with Crippen LogP contribution in [0, 0.1) is 5.92 Å². The van der Waals surface area contributed by atoms with Crippen molar-refractivity contribution in [1.29, 1.82) is 0 Å². The van der Waals surface area contributed by atoms with Crippen molar-refractivity contribution >= 4 is 5.78 Å². The van der Waals surface area contributed by atoms with E-state index in [4.69, 9.17) is 0 Å². The number of carbonyl (C=O) groups excluding carboxylic acids is 1. The van der Waals surface area contributed by atoms with Gasteiger partial charge >= 0.3 is 0 Å². The molecule has 0 N–H and O–H groups in total. The number of ketones is 1. The largest absolute Gasteiger partial charge is 0.299 e. The van der Waals surface area contributed by atoms with Crippen LogP contribution in [0.25, 0.3) is 0 Å². The normalized spacial score (nSPS) is 28.2. The molecule has 0 amide bonds. The number of hydrogen-bond donors (Lipinski definition) is 0. The van der Waals surface area contributed by atoms with Gasteiger partial charge in [-0.15, -0.1) is 0 Å². The molecule has 2 rings (SSSR count). The number of Topliss-reactive ketones (excluding diaryl/α,β-unsaturated/α-hetero) is 1. The molecule has 1 heteroatoms. The summed E-state index contributed by atoms with van der Waals surface area (Å²) in [6.45, 7) is 2.14. The van der Waals surface area contributed by atoms with E-state index in [9.17, 15) is 4.79 Å². The van der Waals surface area contributed by atoms with Crippen LogP contribution in [0.3, 0.4) is 0 Å². The van der Waals surface area contributed by atoms with Gasteiger partial charge in [0, 0.05) is 12.3 Å².